The molecule has 1 heterocycles. The predicted octanol–water partition coefficient (Wildman–Crippen LogP) is -0.0466. The summed E-state index contributed by atoms with van der Waals surface area (Å²) in [5.74, 6) is 4.96. The molecule has 0 radical (unpaired) electrons. The van der Waals surface area contributed by atoms with Crippen LogP contribution in [0, 0.1) is 5.92 Å². The van der Waals surface area contributed by atoms with Crippen molar-refractivity contribution >= 4 is 5.91 Å². The molecule has 0 aromatic carbocycles. The number of hydrogen-bond donors (Lipinski definition) is 2. The third kappa shape index (κ3) is 3.55. The van der Waals surface area contributed by atoms with Crippen molar-refractivity contribution in [2.45, 2.75) is 19.3 Å². The minimum atomic E-state index is -2.49. The van der Waals surface area contributed by atoms with Gasteiger partial charge in [0.15, 0.2) is 0 Å². The van der Waals surface area contributed by atoms with Gasteiger partial charge in [-0.2, -0.15) is 0 Å². The number of carbonyl (C=O) groups is 1. The van der Waals surface area contributed by atoms with Gasteiger partial charge in [-0.1, -0.05) is 0 Å². The van der Waals surface area contributed by atoms with Crippen molar-refractivity contribution in [3.05, 3.63) is 0 Å². The van der Waals surface area contributed by atoms with Crippen LogP contribution in [0.1, 0.15) is 12.8 Å². The molecular weight excluding hydrogens is 192 g/mol. The van der Waals surface area contributed by atoms with Gasteiger partial charge in [0.05, 0.1) is 12.5 Å². The normalized spacial score (nSPS) is 23.9. The number of hydrogen-bond acceptors (Lipinski definition) is 3. The number of alkyl halides is 2. The van der Waals surface area contributed by atoms with Crippen molar-refractivity contribution < 1.29 is 13.6 Å². The SMILES string of the molecule is NN1CCC[C@H](C(=O)NCC(F)F)C1. The standard InChI is InChI=1S/C8H15F2N3O/c9-7(10)4-12-8(14)6-2-1-3-13(11)5-6/h6-7H,1-5,11H2,(H,12,14)/t6-/m0/s1. The number of rotatable bonds is 3. The minimum Gasteiger partial charge on any atom is -0.350 e. The van der Waals surface area contributed by atoms with Crippen LogP contribution in [0.5, 0.6) is 0 Å². The topological polar surface area (TPSA) is 58.4 Å². The Labute approximate surface area is 81.4 Å². The zero-order chi connectivity index (χ0) is 10.6. The molecule has 1 saturated heterocycles. The highest BCUT2D eigenvalue weighted by molar-refractivity contribution is 5.78. The molecule has 82 valence electrons. The summed E-state index contributed by atoms with van der Waals surface area (Å²) in [7, 11) is 0. The van der Waals surface area contributed by atoms with Crippen molar-refractivity contribution in [2.24, 2.45) is 11.8 Å². The average Bonchev–Trinajstić information content (AvgIpc) is 2.14. The van der Waals surface area contributed by atoms with E-state index in [0.717, 1.165) is 19.4 Å². The molecule has 3 N–H and O–H groups in total. The van der Waals surface area contributed by atoms with Gasteiger partial charge in [0.25, 0.3) is 6.43 Å². The van der Waals surface area contributed by atoms with Crippen LogP contribution in [-0.2, 0) is 4.79 Å². The second-order valence-corrected chi connectivity index (χ2v) is 3.47. The first kappa shape index (κ1) is 11.3. The van der Waals surface area contributed by atoms with Crippen molar-refractivity contribution in [3.8, 4) is 0 Å². The Morgan fingerprint density at radius 2 is 2.36 bits per heavy atom. The Kier molecular flexibility index (Phi) is 4.21. The van der Waals surface area contributed by atoms with Gasteiger partial charge in [-0.05, 0) is 12.8 Å². The van der Waals surface area contributed by atoms with E-state index in [1.54, 1.807) is 5.01 Å². The maximum Gasteiger partial charge on any atom is 0.255 e. The number of nitrogens with zero attached hydrogens (tertiary/aromatic N) is 1. The van der Waals surface area contributed by atoms with Crippen LogP contribution in [0.25, 0.3) is 0 Å². The van der Waals surface area contributed by atoms with Crippen LogP contribution in [0.3, 0.4) is 0 Å². The molecule has 0 spiro atoms. The molecule has 6 heteroatoms. The Bertz CT molecular complexity index is 201. The highest BCUT2D eigenvalue weighted by atomic mass is 19.3. The number of halogens is 2. The molecule has 14 heavy (non-hydrogen) atoms. The van der Waals surface area contributed by atoms with E-state index in [-0.39, 0.29) is 11.8 Å². The van der Waals surface area contributed by atoms with Gasteiger partial charge >= 0.3 is 0 Å². The van der Waals surface area contributed by atoms with Crippen LogP contribution in [0.2, 0.25) is 0 Å². The molecule has 0 saturated carbocycles. The quantitative estimate of drug-likeness (QED) is 0.638. The van der Waals surface area contributed by atoms with Crippen molar-refractivity contribution in [1.82, 2.24) is 10.3 Å². The lowest BCUT2D eigenvalue weighted by Crippen LogP contribution is -2.46. The lowest BCUT2D eigenvalue weighted by molar-refractivity contribution is -0.127. The molecule has 1 aliphatic rings. The third-order valence-electron chi connectivity index (χ3n) is 2.25. The van der Waals surface area contributed by atoms with Gasteiger partial charge < -0.3 is 5.32 Å². The molecular formula is C8H15F2N3O. The largest absolute Gasteiger partial charge is 0.350 e. The summed E-state index contributed by atoms with van der Waals surface area (Å²) in [5, 5.41) is 3.75. The van der Waals surface area contributed by atoms with Crippen LogP contribution in [0.15, 0.2) is 0 Å². The van der Waals surface area contributed by atoms with E-state index >= 15 is 0 Å². The number of nitrogens with two attached hydrogens (primary N) is 1. The van der Waals surface area contributed by atoms with Crippen LogP contribution >= 0.6 is 0 Å². The van der Waals surface area contributed by atoms with Gasteiger partial charge in [0.2, 0.25) is 5.91 Å². The molecule has 0 aliphatic carbocycles. The summed E-state index contributed by atoms with van der Waals surface area (Å²) in [4.78, 5) is 11.3. The smallest absolute Gasteiger partial charge is 0.255 e. The highest BCUT2D eigenvalue weighted by Crippen LogP contribution is 2.13. The molecule has 0 unspecified atom stereocenters. The molecule has 4 nitrogen and oxygen atoms in total. The highest BCUT2D eigenvalue weighted by Gasteiger charge is 2.24. The third-order valence-corrected chi connectivity index (χ3v) is 2.25. The summed E-state index contributed by atoms with van der Waals surface area (Å²) in [6.45, 7) is 0.646. The summed E-state index contributed by atoms with van der Waals surface area (Å²) in [6, 6.07) is 0. The zero-order valence-corrected chi connectivity index (χ0v) is 7.88. The number of piperidine rings is 1. The fourth-order valence-corrected chi connectivity index (χ4v) is 1.54. The Morgan fingerprint density at radius 3 is 2.93 bits per heavy atom. The molecule has 0 aromatic rings. The first-order chi connectivity index (χ1) is 6.59. The van der Waals surface area contributed by atoms with E-state index in [4.69, 9.17) is 5.84 Å². The molecule has 0 bridgehead atoms. The number of amides is 1. The van der Waals surface area contributed by atoms with E-state index in [9.17, 15) is 13.6 Å². The summed E-state index contributed by atoms with van der Waals surface area (Å²) >= 11 is 0. The average molecular weight is 207 g/mol. The lowest BCUT2D eigenvalue weighted by Gasteiger charge is -2.28. The van der Waals surface area contributed by atoms with Crippen molar-refractivity contribution in [3.63, 3.8) is 0 Å². The number of hydrazine groups is 1. The lowest BCUT2D eigenvalue weighted by atomic mass is 9.98. The summed E-state index contributed by atoms with van der Waals surface area (Å²) in [6.07, 6.45) is -0.928. The van der Waals surface area contributed by atoms with E-state index in [1.165, 1.54) is 0 Å². The van der Waals surface area contributed by atoms with Gasteiger partial charge in [-0.25, -0.2) is 13.8 Å². The second kappa shape index (κ2) is 5.21. The zero-order valence-electron chi connectivity index (χ0n) is 7.88. The molecule has 1 aliphatic heterocycles. The molecule has 1 atom stereocenters. The van der Waals surface area contributed by atoms with Crippen molar-refractivity contribution in [2.75, 3.05) is 19.6 Å². The Morgan fingerprint density at radius 1 is 1.64 bits per heavy atom. The maximum atomic E-state index is 11.8. The van der Waals surface area contributed by atoms with Gasteiger partial charge in [-0.3, -0.25) is 10.6 Å². The maximum absolute atomic E-state index is 11.8. The van der Waals surface area contributed by atoms with E-state index in [0.29, 0.717) is 6.54 Å². The molecule has 1 fully saturated rings. The molecule has 1 rings (SSSR count). The van der Waals surface area contributed by atoms with E-state index < -0.39 is 13.0 Å². The fourth-order valence-electron chi connectivity index (χ4n) is 1.54. The number of nitrogens with one attached hydrogen (secondary N) is 1. The van der Waals surface area contributed by atoms with Gasteiger partial charge in [0, 0.05) is 13.1 Å². The van der Waals surface area contributed by atoms with Gasteiger partial charge in [-0.15, -0.1) is 0 Å². The first-order valence-corrected chi connectivity index (χ1v) is 4.65. The van der Waals surface area contributed by atoms with Crippen LogP contribution in [-0.4, -0.2) is 37.0 Å². The summed E-state index contributed by atoms with van der Waals surface area (Å²) in [5.41, 5.74) is 0. The minimum absolute atomic E-state index is 0.243. The monoisotopic (exact) mass is 207 g/mol. The van der Waals surface area contributed by atoms with Crippen molar-refractivity contribution in [1.29, 1.82) is 0 Å². The van der Waals surface area contributed by atoms with Crippen LogP contribution in [0.4, 0.5) is 8.78 Å². The Balaban J connectivity index is 2.29. The predicted molar refractivity (Wildman–Crippen MR) is 47.5 cm³/mol. The Hall–Kier alpha value is -0.750. The molecule has 0 aromatic heterocycles. The summed E-state index contributed by atoms with van der Waals surface area (Å²) < 4.78 is 23.6. The number of carbonyl (C=O) groups excluding carboxylic acids is 1. The first-order valence-electron chi connectivity index (χ1n) is 4.65. The fraction of sp³-hybridized carbons (Fsp3) is 0.875. The van der Waals surface area contributed by atoms with E-state index in [2.05, 4.69) is 5.32 Å². The second-order valence-electron chi connectivity index (χ2n) is 3.47. The van der Waals surface area contributed by atoms with Crippen LogP contribution < -0.4 is 11.2 Å². The molecule has 1 amide bonds. The van der Waals surface area contributed by atoms with Gasteiger partial charge in [0.1, 0.15) is 0 Å². The van der Waals surface area contributed by atoms with E-state index in [1.807, 2.05) is 0 Å².